The molecule has 0 amide bonds. The summed E-state index contributed by atoms with van der Waals surface area (Å²) in [6.07, 6.45) is 7.01. The largest absolute Gasteiger partial charge is 0.381 e. The molecule has 0 radical (unpaired) electrons. The third-order valence-electron chi connectivity index (χ3n) is 5.02. The van der Waals surface area contributed by atoms with Crippen LogP contribution in [0, 0.1) is 5.41 Å². The number of rotatable bonds is 5. The number of aromatic nitrogens is 3. The maximum absolute atomic E-state index is 5.83. The SMILES string of the molecule is c1nnc2n1CCN(CC1(CNC3CC3)CCCOC1)C2. The predicted octanol–water partition coefficient (Wildman–Crippen LogP) is 0.643. The molecule has 1 saturated carbocycles. The van der Waals surface area contributed by atoms with Crippen molar-refractivity contribution in [3.05, 3.63) is 12.2 Å². The number of hydrogen-bond acceptors (Lipinski definition) is 5. The van der Waals surface area contributed by atoms with Gasteiger partial charge in [0, 0.05) is 44.2 Å². The minimum atomic E-state index is 0.281. The van der Waals surface area contributed by atoms with Gasteiger partial charge in [0.15, 0.2) is 0 Å². The van der Waals surface area contributed by atoms with Gasteiger partial charge in [-0.2, -0.15) is 0 Å². The fraction of sp³-hybridized carbons (Fsp3) is 0.867. The van der Waals surface area contributed by atoms with Crippen LogP contribution < -0.4 is 5.32 Å². The molecule has 1 aliphatic carbocycles. The molecule has 2 aliphatic heterocycles. The van der Waals surface area contributed by atoms with Crippen LogP contribution in [0.3, 0.4) is 0 Å². The summed E-state index contributed by atoms with van der Waals surface area (Å²) < 4.78 is 8.00. The molecule has 0 bridgehead atoms. The molecular weight excluding hydrogens is 266 g/mol. The van der Waals surface area contributed by atoms with E-state index in [1.807, 2.05) is 6.33 Å². The molecule has 1 aromatic heterocycles. The van der Waals surface area contributed by atoms with Gasteiger partial charge in [-0.15, -0.1) is 10.2 Å². The van der Waals surface area contributed by atoms with Gasteiger partial charge in [-0.25, -0.2) is 0 Å². The van der Waals surface area contributed by atoms with Crippen LogP contribution >= 0.6 is 0 Å². The van der Waals surface area contributed by atoms with E-state index >= 15 is 0 Å². The van der Waals surface area contributed by atoms with E-state index in [9.17, 15) is 0 Å². The average molecular weight is 291 g/mol. The molecule has 1 saturated heterocycles. The van der Waals surface area contributed by atoms with E-state index in [0.717, 1.165) is 57.8 Å². The lowest BCUT2D eigenvalue weighted by atomic mass is 9.81. The van der Waals surface area contributed by atoms with Crippen molar-refractivity contribution in [2.45, 2.75) is 44.8 Å². The molecule has 0 spiro atoms. The van der Waals surface area contributed by atoms with Gasteiger partial charge in [0.2, 0.25) is 0 Å². The maximum Gasteiger partial charge on any atom is 0.147 e. The highest BCUT2D eigenvalue weighted by Crippen LogP contribution is 2.31. The summed E-state index contributed by atoms with van der Waals surface area (Å²) in [7, 11) is 0. The molecule has 3 aliphatic rings. The molecule has 116 valence electrons. The van der Waals surface area contributed by atoms with Crippen molar-refractivity contribution in [2.75, 3.05) is 32.8 Å². The van der Waals surface area contributed by atoms with Crippen molar-refractivity contribution in [1.29, 1.82) is 0 Å². The Labute approximate surface area is 125 Å². The van der Waals surface area contributed by atoms with Crippen molar-refractivity contribution >= 4 is 0 Å². The number of fused-ring (bicyclic) bond motifs is 1. The van der Waals surface area contributed by atoms with Gasteiger partial charge in [-0.05, 0) is 25.7 Å². The molecule has 1 unspecified atom stereocenters. The predicted molar refractivity (Wildman–Crippen MR) is 78.8 cm³/mol. The van der Waals surface area contributed by atoms with Crippen LogP contribution in [-0.2, 0) is 17.8 Å². The summed E-state index contributed by atoms with van der Waals surface area (Å²) in [6, 6.07) is 0.772. The Morgan fingerprint density at radius 1 is 1.38 bits per heavy atom. The van der Waals surface area contributed by atoms with Crippen molar-refractivity contribution in [1.82, 2.24) is 25.0 Å². The van der Waals surface area contributed by atoms with Crippen molar-refractivity contribution in [2.24, 2.45) is 5.41 Å². The van der Waals surface area contributed by atoms with E-state index in [4.69, 9.17) is 4.74 Å². The van der Waals surface area contributed by atoms with Gasteiger partial charge < -0.3 is 14.6 Å². The highest BCUT2D eigenvalue weighted by Gasteiger charge is 2.37. The van der Waals surface area contributed by atoms with Crippen molar-refractivity contribution < 1.29 is 4.74 Å². The van der Waals surface area contributed by atoms with Crippen molar-refractivity contribution in [3.8, 4) is 0 Å². The zero-order valence-electron chi connectivity index (χ0n) is 12.6. The van der Waals surface area contributed by atoms with Gasteiger partial charge in [0.1, 0.15) is 12.2 Å². The number of nitrogens with one attached hydrogen (secondary N) is 1. The summed E-state index contributed by atoms with van der Waals surface area (Å²) in [5, 5.41) is 12.0. The second kappa shape index (κ2) is 5.66. The Morgan fingerprint density at radius 2 is 2.33 bits per heavy atom. The number of ether oxygens (including phenoxy) is 1. The minimum absolute atomic E-state index is 0.281. The second-order valence-electron chi connectivity index (χ2n) is 6.96. The van der Waals surface area contributed by atoms with E-state index in [1.165, 1.54) is 25.7 Å². The fourth-order valence-corrected chi connectivity index (χ4v) is 3.60. The Balaban J connectivity index is 1.41. The van der Waals surface area contributed by atoms with E-state index < -0.39 is 0 Å². The first kappa shape index (κ1) is 13.7. The molecule has 2 fully saturated rings. The third kappa shape index (κ3) is 3.12. The zero-order chi connectivity index (χ0) is 14.1. The molecule has 0 aromatic carbocycles. The quantitative estimate of drug-likeness (QED) is 0.863. The summed E-state index contributed by atoms with van der Waals surface area (Å²) in [4.78, 5) is 2.53. The molecule has 1 N–H and O–H groups in total. The van der Waals surface area contributed by atoms with E-state index in [2.05, 4.69) is 25.0 Å². The smallest absolute Gasteiger partial charge is 0.147 e. The first-order chi connectivity index (χ1) is 10.3. The van der Waals surface area contributed by atoms with Crippen LogP contribution in [0.15, 0.2) is 6.33 Å². The second-order valence-corrected chi connectivity index (χ2v) is 6.96. The van der Waals surface area contributed by atoms with Crippen LogP contribution in [0.2, 0.25) is 0 Å². The van der Waals surface area contributed by atoms with E-state index in [0.29, 0.717) is 0 Å². The molecular formula is C15H25N5O. The average Bonchev–Trinajstić information content (AvgIpc) is 3.23. The Hall–Kier alpha value is -0.980. The molecule has 1 aromatic rings. The molecule has 3 heterocycles. The molecule has 6 heteroatoms. The van der Waals surface area contributed by atoms with Crippen LogP contribution in [-0.4, -0.2) is 58.6 Å². The van der Waals surface area contributed by atoms with E-state index in [1.54, 1.807) is 0 Å². The van der Waals surface area contributed by atoms with Crippen molar-refractivity contribution in [3.63, 3.8) is 0 Å². The van der Waals surface area contributed by atoms with Gasteiger partial charge in [0.25, 0.3) is 0 Å². The minimum Gasteiger partial charge on any atom is -0.381 e. The molecule has 1 atom stereocenters. The number of hydrogen-bond donors (Lipinski definition) is 1. The third-order valence-corrected chi connectivity index (χ3v) is 5.02. The van der Waals surface area contributed by atoms with Crippen LogP contribution in [0.5, 0.6) is 0 Å². The highest BCUT2D eigenvalue weighted by molar-refractivity contribution is 4.95. The topological polar surface area (TPSA) is 55.2 Å². The molecule has 21 heavy (non-hydrogen) atoms. The number of nitrogens with zero attached hydrogens (tertiary/aromatic N) is 4. The van der Waals surface area contributed by atoms with Gasteiger partial charge in [-0.1, -0.05) is 0 Å². The van der Waals surface area contributed by atoms with Crippen LogP contribution in [0.1, 0.15) is 31.5 Å². The normalized spacial score (nSPS) is 30.3. The summed E-state index contributed by atoms with van der Waals surface area (Å²) in [5.74, 6) is 1.10. The maximum atomic E-state index is 5.83. The first-order valence-electron chi connectivity index (χ1n) is 8.23. The van der Waals surface area contributed by atoms with E-state index in [-0.39, 0.29) is 5.41 Å². The lowest BCUT2D eigenvalue weighted by Gasteiger charge is -2.42. The molecule has 4 rings (SSSR count). The standard InChI is InChI=1S/C15H25N5O/c1-4-15(11-21-7-1,9-16-13-2-3-13)10-19-5-6-20-12-17-18-14(20)8-19/h12-13,16H,1-11H2. The first-order valence-corrected chi connectivity index (χ1v) is 8.23. The zero-order valence-corrected chi connectivity index (χ0v) is 12.6. The molecule has 6 nitrogen and oxygen atoms in total. The monoisotopic (exact) mass is 291 g/mol. The summed E-state index contributed by atoms with van der Waals surface area (Å²) in [5.41, 5.74) is 0.281. The van der Waals surface area contributed by atoms with Crippen LogP contribution in [0.25, 0.3) is 0 Å². The Bertz CT molecular complexity index is 478. The lowest BCUT2D eigenvalue weighted by molar-refractivity contribution is -0.0304. The Morgan fingerprint density at radius 3 is 3.14 bits per heavy atom. The Kier molecular flexibility index (Phi) is 3.69. The van der Waals surface area contributed by atoms with Gasteiger partial charge in [0.05, 0.1) is 13.2 Å². The summed E-state index contributed by atoms with van der Waals surface area (Å²) >= 11 is 0. The lowest BCUT2D eigenvalue weighted by Crippen LogP contribution is -2.50. The van der Waals surface area contributed by atoms with Crippen LogP contribution in [0.4, 0.5) is 0 Å². The van der Waals surface area contributed by atoms with Gasteiger partial charge in [-0.3, -0.25) is 4.90 Å². The van der Waals surface area contributed by atoms with Gasteiger partial charge >= 0.3 is 0 Å². The summed E-state index contributed by atoms with van der Waals surface area (Å²) in [6.45, 7) is 7.06. The highest BCUT2D eigenvalue weighted by atomic mass is 16.5. The fourth-order valence-electron chi connectivity index (χ4n) is 3.60.